The van der Waals surface area contributed by atoms with Gasteiger partial charge in [0.1, 0.15) is 11.5 Å². The number of hydrogen-bond acceptors (Lipinski definition) is 6. The third kappa shape index (κ3) is 7.21. The van der Waals surface area contributed by atoms with Crippen LogP contribution >= 0.6 is 11.6 Å². The first kappa shape index (κ1) is 23.0. The molecule has 0 aliphatic rings. The third-order valence-electron chi connectivity index (χ3n) is 3.62. The number of carbonyl (C=O) groups is 1. The molecular formula is C19H23ClN2O6S. The number of ether oxygens (including phenoxy) is 3. The fourth-order valence-corrected chi connectivity index (χ4v) is 3.61. The number of anilines is 1. The van der Waals surface area contributed by atoms with Gasteiger partial charge in [-0.05, 0) is 49.4 Å². The number of methoxy groups -OCH3 is 1. The summed E-state index contributed by atoms with van der Waals surface area (Å²) in [5, 5.41) is 2.76. The molecule has 0 saturated heterocycles. The van der Waals surface area contributed by atoms with Gasteiger partial charge in [0.2, 0.25) is 10.0 Å². The second kappa shape index (κ2) is 11.0. The van der Waals surface area contributed by atoms with E-state index in [1.165, 1.54) is 25.3 Å². The van der Waals surface area contributed by atoms with Gasteiger partial charge in [0.25, 0.3) is 5.91 Å². The van der Waals surface area contributed by atoms with Crippen LogP contribution in [0.5, 0.6) is 11.5 Å². The second-order valence-corrected chi connectivity index (χ2v) is 7.95. The molecule has 0 radical (unpaired) electrons. The van der Waals surface area contributed by atoms with Crippen LogP contribution in [-0.4, -0.2) is 47.8 Å². The molecule has 0 fully saturated rings. The Morgan fingerprint density at radius 2 is 1.83 bits per heavy atom. The van der Waals surface area contributed by atoms with E-state index in [9.17, 15) is 13.2 Å². The lowest BCUT2D eigenvalue weighted by Gasteiger charge is -2.11. The standard InChI is InChI=1S/C19H23ClN2O6S/c1-3-27-15-6-4-14(5-7-15)22-19(23)13-28-18-9-8-16(12-17(18)20)29(24,25)21-10-11-26-2/h4-9,12,21H,3,10-11,13H2,1-2H3,(H,22,23). The molecule has 0 atom stereocenters. The normalized spacial score (nSPS) is 11.1. The zero-order valence-electron chi connectivity index (χ0n) is 16.1. The molecule has 0 saturated carbocycles. The fraction of sp³-hybridized carbons (Fsp3) is 0.316. The van der Waals surface area contributed by atoms with Crippen molar-refractivity contribution in [3.8, 4) is 11.5 Å². The summed E-state index contributed by atoms with van der Waals surface area (Å²) in [5.74, 6) is 0.521. The first-order valence-corrected chi connectivity index (χ1v) is 10.7. The molecule has 2 rings (SSSR count). The minimum Gasteiger partial charge on any atom is -0.494 e. The number of benzene rings is 2. The Balaban J connectivity index is 1.92. The summed E-state index contributed by atoms with van der Waals surface area (Å²) in [6.45, 7) is 2.55. The quantitative estimate of drug-likeness (QED) is 0.518. The Bertz CT molecular complexity index is 919. The van der Waals surface area contributed by atoms with E-state index in [1.54, 1.807) is 24.3 Å². The smallest absolute Gasteiger partial charge is 0.262 e. The predicted molar refractivity (Wildman–Crippen MR) is 110 cm³/mol. The summed E-state index contributed by atoms with van der Waals surface area (Å²) in [6, 6.07) is 10.9. The van der Waals surface area contributed by atoms with Crippen molar-refractivity contribution in [2.24, 2.45) is 0 Å². The van der Waals surface area contributed by atoms with E-state index in [1.807, 2.05) is 6.92 Å². The summed E-state index contributed by atoms with van der Waals surface area (Å²) in [4.78, 5) is 12.0. The van der Waals surface area contributed by atoms with Crippen LogP contribution in [0.15, 0.2) is 47.4 Å². The van der Waals surface area contributed by atoms with Crippen LogP contribution in [-0.2, 0) is 19.6 Å². The molecule has 2 aromatic rings. The minimum absolute atomic E-state index is 0.00945. The van der Waals surface area contributed by atoms with E-state index in [4.69, 9.17) is 25.8 Å². The van der Waals surface area contributed by atoms with E-state index in [2.05, 4.69) is 10.0 Å². The molecule has 0 heterocycles. The van der Waals surface area contributed by atoms with E-state index in [-0.39, 0.29) is 41.3 Å². The second-order valence-electron chi connectivity index (χ2n) is 5.78. The SMILES string of the molecule is CCOc1ccc(NC(=O)COc2ccc(S(=O)(=O)NCCOC)cc2Cl)cc1. The maximum atomic E-state index is 12.2. The van der Waals surface area contributed by atoms with Crippen LogP contribution in [0.25, 0.3) is 0 Å². The molecule has 29 heavy (non-hydrogen) atoms. The van der Waals surface area contributed by atoms with Gasteiger partial charge in [0, 0.05) is 19.3 Å². The van der Waals surface area contributed by atoms with Crippen molar-refractivity contribution in [1.82, 2.24) is 4.72 Å². The van der Waals surface area contributed by atoms with E-state index < -0.39 is 10.0 Å². The first-order chi connectivity index (χ1) is 13.9. The van der Waals surface area contributed by atoms with Crippen molar-refractivity contribution < 1.29 is 27.4 Å². The largest absolute Gasteiger partial charge is 0.494 e. The average molecular weight is 443 g/mol. The summed E-state index contributed by atoms with van der Waals surface area (Å²) in [7, 11) is -2.24. The summed E-state index contributed by atoms with van der Waals surface area (Å²) in [6.07, 6.45) is 0. The Labute approximate surface area is 175 Å². The van der Waals surface area contributed by atoms with Crippen LogP contribution in [0.3, 0.4) is 0 Å². The van der Waals surface area contributed by atoms with Gasteiger partial charge in [-0.2, -0.15) is 0 Å². The van der Waals surface area contributed by atoms with Gasteiger partial charge in [-0.15, -0.1) is 0 Å². The zero-order valence-corrected chi connectivity index (χ0v) is 17.7. The number of nitrogens with one attached hydrogen (secondary N) is 2. The number of amides is 1. The molecule has 0 bridgehead atoms. The molecule has 0 aliphatic carbocycles. The third-order valence-corrected chi connectivity index (χ3v) is 5.37. The highest BCUT2D eigenvalue weighted by atomic mass is 35.5. The molecule has 10 heteroatoms. The predicted octanol–water partition coefficient (Wildman–Crippen LogP) is 2.68. The van der Waals surface area contributed by atoms with Gasteiger partial charge in [-0.1, -0.05) is 11.6 Å². The van der Waals surface area contributed by atoms with Crippen LogP contribution in [0.4, 0.5) is 5.69 Å². The fourth-order valence-electron chi connectivity index (χ4n) is 2.27. The van der Waals surface area contributed by atoms with Crippen LogP contribution in [0.1, 0.15) is 6.92 Å². The van der Waals surface area contributed by atoms with Crippen molar-refractivity contribution in [3.05, 3.63) is 47.5 Å². The molecule has 2 N–H and O–H groups in total. The molecule has 158 valence electrons. The lowest BCUT2D eigenvalue weighted by molar-refractivity contribution is -0.118. The van der Waals surface area contributed by atoms with Gasteiger partial charge in [-0.25, -0.2) is 13.1 Å². The first-order valence-electron chi connectivity index (χ1n) is 8.79. The molecule has 1 amide bonds. The molecular weight excluding hydrogens is 420 g/mol. The lowest BCUT2D eigenvalue weighted by atomic mass is 10.3. The van der Waals surface area contributed by atoms with Crippen molar-refractivity contribution in [2.75, 3.05) is 38.8 Å². The maximum absolute atomic E-state index is 12.2. The minimum atomic E-state index is -3.71. The zero-order chi connectivity index (χ0) is 21.3. The van der Waals surface area contributed by atoms with Gasteiger partial charge >= 0.3 is 0 Å². The molecule has 0 aromatic heterocycles. The van der Waals surface area contributed by atoms with Crippen LogP contribution in [0, 0.1) is 0 Å². The number of sulfonamides is 1. The Kier molecular flexibility index (Phi) is 8.71. The molecule has 0 aliphatic heterocycles. The van der Waals surface area contributed by atoms with Crippen LogP contribution in [0.2, 0.25) is 5.02 Å². The Hall–Kier alpha value is -2.33. The van der Waals surface area contributed by atoms with Crippen molar-refractivity contribution in [3.63, 3.8) is 0 Å². The monoisotopic (exact) mass is 442 g/mol. The van der Waals surface area contributed by atoms with E-state index >= 15 is 0 Å². The summed E-state index contributed by atoms with van der Waals surface area (Å²) >= 11 is 6.10. The Morgan fingerprint density at radius 3 is 2.45 bits per heavy atom. The summed E-state index contributed by atoms with van der Waals surface area (Å²) in [5.41, 5.74) is 0.594. The summed E-state index contributed by atoms with van der Waals surface area (Å²) < 4.78 is 42.3. The number of carbonyl (C=O) groups excluding carboxylic acids is 1. The maximum Gasteiger partial charge on any atom is 0.262 e. The van der Waals surface area contributed by atoms with E-state index in [0.29, 0.717) is 18.0 Å². The molecule has 0 spiro atoms. The van der Waals surface area contributed by atoms with Crippen molar-refractivity contribution >= 4 is 33.2 Å². The number of rotatable bonds is 11. The molecule has 8 nitrogen and oxygen atoms in total. The average Bonchev–Trinajstić information content (AvgIpc) is 2.69. The molecule has 0 unspecified atom stereocenters. The highest BCUT2D eigenvalue weighted by molar-refractivity contribution is 7.89. The van der Waals surface area contributed by atoms with Gasteiger partial charge in [0.05, 0.1) is 23.1 Å². The highest BCUT2D eigenvalue weighted by Crippen LogP contribution is 2.27. The van der Waals surface area contributed by atoms with Crippen LogP contribution < -0.4 is 19.5 Å². The van der Waals surface area contributed by atoms with Crippen molar-refractivity contribution in [1.29, 1.82) is 0 Å². The van der Waals surface area contributed by atoms with Gasteiger partial charge in [-0.3, -0.25) is 4.79 Å². The van der Waals surface area contributed by atoms with Gasteiger partial charge in [0.15, 0.2) is 6.61 Å². The van der Waals surface area contributed by atoms with Gasteiger partial charge < -0.3 is 19.5 Å². The van der Waals surface area contributed by atoms with Crippen molar-refractivity contribution in [2.45, 2.75) is 11.8 Å². The molecule has 2 aromatic carbocycles. The number of halogens is 1. The Morgan fingerprint density at radius 1 is 1.10 bits per heavy atom. The topological polar surface area (TPSA) is 103 Å². The highest BCUT2D eigenvalue weighted by Gasteiger charge is 2.16. The van der Waals surface area contributed by atoms with E-state index in [0.717, 1.165) is 0 Å². The lowest BCUT2D eigenvalue weighted by Crippen LogP contribution is -2.27. The number of hydrogen-bond donors (Lipinski definition) is 2.